The smallest absolute Gasteiger partial charge is 0.104 e. The second-order valence-corrected chi connectivity index (χ2v) is 9.59. The van der Waals surface area contributed by atoms with Gasteiger partial charge in [-0.15, -0.1) is 0 Å². The van der Waals surface area contributed by atoms with E-state index in [1.807, 2.05) is 0 Å². The molecule has 1 N–H and O–H groups in total. The van der Waals surface area contributed by atoms with Gasteiger partial charge in [0.2, 0.25) is 0 Å². The maximum absolute atomic E-state index is 10.2. The number of hydrogen-bond donors (Lipinski definition) is 1. The first-order chi connectivity index (χ1) is 18.2. The highest BCUT2D eigenvalue weighted by atomic mass is 16.6. The molecular formula is C26H52N2O9. The lowest BCUT2D eigenvalue weighted by Crippen LogP contribution is -2.34. The molecule has 11 heteroatoms. The SMILES string of the molecule is COCCCN(CCCOCC1CO1)CCOCC(O)COCCN(CCCOC)CCOCC1CO1. The second kappa shape index (κ2) is 22.4. The predicted molar refractivity (Wildman–Crippen MR) is 139 cm³/mol. The van der Waals surface area contributed by atoms with Crippen LogP contribution in [0.2, 0.25) is 0 Å². The molecule has 0 aromatic rings. The molecule has 0 aromatic heterocycles. The molecular weight excluding hydrogens is 484 g/mol. The van der Waals surface area contributed by atoms with Gasteiger partial charge in [0.15, 0.2) is 0 Å². The summed E-state index contributed by atoms with van der Waals surface area (Å²) in [5, 5.41) is 10.2. The number of nitrogens with zero attached hydrogens (tertiary/aromatic N) is 2. The average molecular weight is 537 g/mol. The van der Waals surface area contributed by atoms with Crippen LogP contribution in [-0.4, -0.2) is 166 Å². The Bertz CT molecular complexity index is 512. The van der Waals surface area contributed by atoms with Gasteiger partial charge in [0, 0.05) is 73.3 Å². The summed E-state index contributed by atoms with van der Waals surface area (Å²) in [5.74, 6) is 0. The Morgan fingerprint density at radius 2 is 1.03 bits per heavy atom. The van der Waals surface area contributed by atoms with Gasteiger partial charge in [-0.05, 0) is 19.3 Å². The summed E-state index contributed by atoms with van der Waals surface area (Å²) in [6.07, 6.45) is 2.88. The summed E-state index contributed by atoms with van der Waals surface area (Å²) in [4.78, 5) is 4.66. The van der Waals surface area contributed by atoms with Crippen molar-refractivity contribution in [3.63, 3.8) is 0 Å². The Balaban J connectivity index is 1.48. The molecule has 2 heterocycles. The van der Waals surface area contributed by atoms with Crippen molar-refractivity contribution in [1.82, 2.24) is 9.80 Å². The van der Waals surface area contributed by atoms with Crippen LogP contribution in [0.15, 0.2) is 0 Å². The Kier molecular flexibility index (Phi) is 19.8. The highest BCUT2D eigenvalue weighted by Gasteiger charge is 2.22. The van der Waals surface area contributed by atoms with Gasteiger partial charge in [-0.1, -0.05) is 0 Å². The molecule has 3 unspecified atom stereocenters. The standard InChI is InChI=1S/C26H52N2O9/c1-30-12-3-6-27(8-5-14-32-20-25-22-36-25)9-15-33-18-24(29)19-34-16-10-28(7-4-13-31-2)11-17-35-21-26-23-37-26/h24-26,29H,3-23H2,1-2H3. The summed E-state index contributed by atoms with van der Waals surface area (Å²) in [7, 11) is 3.45. The molecule has 2 aliphatic heterocycles. The molecule has 0 spiro atoms. The van der Waals surface area contributed by atoms with Crippen LogP contribution in [0.25, 0.3) is 0 Å². The number of ether oxygens (including phenoxy) is 8. The van der Waals surface area contributed by atoms with Crippen molar-refractivity contribution in [2.45, 2.75) is 37.6 Å². The fraction of sp³-hybridized carbons (Fsp3) is 1.00. The van der Waals surface area contributed by atoms with Crippen LogP contribution >= 0.6 is 0 Å². The van der Waals surface area contributed by atoms with E-state index in [2.05, 4.69) is 9.80 Å². The molecule has 0 amide bonds. The lowest BCUT2D eigenvalue weighted by Gasteiger charge is -2.23. The Morgan fingerprint density at radius 1 is 0.622 bits per heavy atom. The van der Waals surface area contributed by atoms with Crippen LogP contribution in [0.5, 0.6) is 0 Å². The molecule has 3 atom stereocenters. The van der Waals surface area contributed by atoms with Crippen molar-refractivity contribution < 1.29 is 43.0 Å². The van der Waals surface area contributed by atoms with Crippen molar-refractivity contribution in [2.75, 3.05) is 133 Å². The van der Waals surface area contributed by atoms with E-state index in [0.717, 1.165) is 91.6 Å². The van der Waals surface area contributed by atoms with Crippen molar-refractivity contribution in [3.05, 3.63) is 0 Å². The summed E-state index contributed by atoms with van der Waals surface area (Å²) >= 11 is 0. The molecule has 2 aliphatic rings. The zero-order valence-electron chi connectivity index (χ0n) is 23.2. The minimum Gasteiger partial charge on any atom is -0.388 e. The zero-order chi connectivity index (χ0) is 26.4. The summed E-state index contributed by atoms with van der Waals surface area (Å²) in [5.41, 5.74) is 0. The first-order valence-corrected chi connectivity index (χ1v) is 13.9. The monoisotopic (exact) mass is 536 g/mol. The van der Waals surface area contributed by atoms with E-state index in [0.29, 0.717) is 45.2 Å². The maximum Gasteiger partial charge on any atom is 0.104 e. The molecule has 2 rings (SSSR count). The number of hydrogen-bond acceptors (Lipinski definition) is 11. The third-order valence-electron chi connectivity index (χ3n) is 6.10. The Hall–Kier alpha value is -0.440. The average Bonchev–Trinajstić information content (AvgIpc) is 3.82. The van der Waals surface area contributed by atoms with Crippen LogP contribution in [0, 0.1) is 0 Å². The van der Waals surface area contributed by atoms with Gasteiger partial charge in [-0.2, -0.15) is 0 Å². The molecule has 0 saturated carbocycles. The van der Waals surface area contributed by atoms with Crippen molar-refractivity contribution >= 4 is 0 Å². The topological polar surface area (TPSA) is 107 Å². The number of aliphatic hydroxyl groups excluding tert-OH is 1. The van der Waals surface area contributed by atoms with Crippen molar-refractivity contribution in [1.29, 1.82) is 0 Å². The van der Waals surface area contributed by atoms with E-state index >= 15 is 0 Å². The van der Waals surface area contributed by atoms with E-state index in [1.54, 1.807) is 14.2 Å². The highest BCUT2D eigenvalue weighted by Crippen LogP contribution is 2.09. The third-order valence-corrected chi connectivity index (χ3v) is 6.10. The number of aliphatic hydroxyl groups is 1. The first-order valence-electron chi connectivity index (χ1n) is 13.9. The van der Waals surface area contributed by atoms with Crippen LogP contribution in [0.4, 0.5) is 0 Å². The van der Waals surface area contributed by atoms with Gasteiger partial charge in [-0.25, -0.2) is 0 Å². The molecule has 0 radical (unpaired) electrons. The van der Waals surface area contributed by atoms with E-state index in [-0.39, 0.29) is 13.2 Å². The minimum absolute atomic E-state index is 0.265. The molecule has 0 aromatic carbocycles. The van der Waals surface area contributed by atoms with Crippen LogP contribution in [-0.2, 0) is 37.9 Å². The van der Waals surface area contributed by atoms with E-state index < -0.39 is 6.10 Å². The second-order valence-electron chi connectivity index (χ2n) is 9.59. The normalized spacial score (nSPS) is 19.7. The maximum atomic E-state index is 10.2. The first kappa shape index (κ1) is 32.8. The van der Waals surface area contributed by atoms with Gasteiger partial charge < -0.3 is 47.9 Å². The lowest BCUT2D eigenvalue weighted by atomic mass is 10.3. The van der Waals surface area contributed by atoms with Gasteiger partial charge in [0.25, 0.3) is 0 Å². The van der Waals surface area contributed by atoms with Gasteiger partial charge in [0.05, 0.1) is 59.5 Å². The van der Waals surface area contributed by atoms with E-state index in [9.17, 15) is 5.11 Å². The predicted octanol–water partition coefficient (Wildman–Crippen LogP) is 0.278. The molecule has 220 valence electrons. The molecule has 2 fully saturated rings. The van der Waals surface area contributed by atoms with Crippen LogP contribution in [0.3, 0.4) is 0 Å². The highest BCUT2D eigenvalue weighted by molar-refractivity contribution is 4.68. The third kappa shape index (κ3) is 20.2. The van der Waals surface area contributed by atoms with E-state index in [4.69, 9.17) is 37.9 Å². The zero-order valence-corrected chi connectivity index (χ0v) is 23.2. The number of epoxide rings is 2. The summed E-state index contributed by atoms with van der Waals surface area (Å²) in [6, 6.07) is 0. The summed E-state index contributed by atoms with van der Waals surface area (Å²) in [6.45, 7) is 12.8. The fourth-order valence-electron chi connectivity index (χ4n) is 3.75. The molecule has 0 bridgehead atoms. The number of methoxy groups -OCH3 is 2. The summed E-state index contributed by atoms with van der Waals surface area (Å²) < 4.78 is 43.4. The minimum atomic E-state index is -0.635. The van der Waals surface area contributed by atoms with Crippen LogP contribution < -0.4 is 0 Å². The van der Waals surface area contributed by atoms with Gasteiger partial charge in [0.1, 0.15) is 18.3 Å². The Labute approximate surface area is 223 Å². The molecule has 37 heavy (non-hydrogen) atoms. The molecule has 2 saturated heterocycles. The largest absolute Gasteiger partial charge is 0.388 e. The number of rotatable bonds is 29. The van der Waals surface area contributed by atoms with Crippen LogP contribution in [0.1, 0.15) is 19.3 Å². The van der Waals surface area contributed by atoms with Crippen molar-refractivity contribution in [3.8, 4) is 0 Å². The molecule has 11 nitrogen and oxygen atoms in total. The van der Waals surface area contributed by atoms with Crippen molar-refractivity contribution in [2.24, 2.45) is 0 Å². The quantitative estimate of drug-likeness (QED) is 0.105. The van der Waals surface area contributed by atoms with Gasteiger partial charge >= 0.3 is 0 Å². The lowest BCUT2D eigenvalue weighted by molar-refractivity contribution is -0.0272. The fourth-order valence-corrected chi connectivity index (χ4v) is 3.75. The van der Waals surface area contributed by atoms with E-state index in [1.165, 1.54) is 0 Å². The molecule has 0 aliphatic carbocycles. The Morgan fingerprint density at radius 3 is 1.49 bits per heavy atom. The van der Waals surface area contributed by atoms with Gasteiger partial charge in [-0.3, -0.25) is 4.90 Å².